The number of hydrogen-bond donors (Lipinski definition) is 1. The van der Waals surface area contributed by atoms with Gasteiger partial charge in [0, 0.05) is 25.8 Å². The molecule has 19 heavy (non-hydrogen) atoms. The van der Waals surface area contributed by atoms with Crippen LogP contribution in [0.15, 0.2) is 12.3 Å². The van der Waals surface area contributed by atoms with Crippen molar-refractivity contribution in [1.29, 1.82) is 0 Å². The van der Waals surface area contributed by atoms with Crippen LogP contribution < -0.4 is 5.32 Å². The lowest BCUT2D eigenvalue weighted by molar-refractivity contribution is -0.149. The van der Waals surface area contributed by atoms with Gasteiger partial charge in [-0.2, -0.15) is 5.10 Å². The topological polar surface area (TPSA) is 56.1 Å². The van der Waals surface area contributed by atoms with Crippen molar-refractivity contribution in [3.8, 4) is 0 Å². The van der Waals surface area contributed by atoms with Crippen LogP contribution in [0.1, 0.15) is 38.3 Å². The number of rotatable bonds is 5. The molecular weight excluding hydrogens is 242 g/mol. The molecule has 5 nitrogen and oxygen atoms in total. The molecule has 106 valence electrons. The zero-order chi connectivity index (χ0) is 13.7. The van der Waals surface area contributed by atoms with Gasteiger partial charge in [-0.3, -0.25) is 9.48 Å². The molecule has 0 aliphatic heterocycles. The number of aromatic nitrogens is 2. The van der Waals surface area contributed by atoms with E-state index in [9.17, 15) is 4.79 Å². The Bertz CT molecular complexity index is 417. The molecule has 0 amide bonds. The van der Waals surface area contributed by atoms with Gasteiger partial charge in [-0.25, -0.2) is 0 Å². The molecule has 0 radical (unpaired) electrons. The quantitative estimate of drug-likeness (QED) is 0.822. The summed E-state index contributed by atoms with van der Waals surface area (Å²) in [7, 11) is 1.92. The molecule has 1 saturated carbocycles. The average Bonchev–Trinajstić information content (AvgIpc) is 2.83. The van der Waals surface area contributed by atoms with Gasteiger partial charge in [0.1, 0.15) is 0 Å². The molecule has 1 fully saturated rings. The Kier molecular flexibility index (Phi) is 4.96. The van der Waals surface area contributed by atoms with E-state index in [1.807, 2.05) is 26.2 Å². The SMILES string of the molecule is CCOC(=O)C1CCCC(NCc2ccn(C)n2)C1. The Morgan fingerprint density at radius 1 is 1.58 bits per heavy atom. The third-order valence-corrected chi connectivity index (χ3v) is 3.63. The summed E-state index contributed by atoms with van der Waals surface area (Å²) in [6.07, 6.45) is 6.00. The largest absolute Gasteiger partial charge is 0.466 e. The van der Waals surface area contributed by atoms with Crippen molar-refractivity contribution in [3.63, 3.8) is 0 Å². The van der Waals surface area contributed by atoms with E-state index in [2.05, 4.69) is 10.4 Å². The highest BCUT2D eigenvalue weighted by atomic mass is 16.5. The zero-order valence-corrected chi connectivity index (χ0v) is 11.8. The highest BCUT2D eigenvalue weighted by Gasteiger charge is 2.27. The van der Waals surface area contributed by atoms with Gasteiger partial charge in [0.25, 0.3) is 0 Å². The molecule has 2 rings (SSSR count). The van der Waals surface area contributed by atoms with Crippen LogP contribution in [0.4, 0.5) is 0 Å². The smallest absolute Gasteiger partial charge is 0.308 e. The number of nitrogens with one attached hydrogen (secondary N) is 1. The van der Waals surface area contributed by atoms with E-state index in [1.165, 1.54) is 0 Å². The van der Waals surface area contributed by atoms with Crippen molar-refractivity contribution < 1.29 is 9.53 Å². The maximum Gasteiger partial charge on any atom is 0.308 e. The number of carbonyl (C=O) groups is 1. The zero-order valence-electron chi connectivity index (χ0n) is 11.8. The minimum Gasteiger partial charge on any atom is -0.466 e. The number of nitrogens with zero attached hydrogens (tertiary/aromatic N) is 2. The summed E-state index contributed by atoms with van der Waals surface area (Å²) in [4.78, 5) is 11.8. The number of ether oxygens (including phenoxy) is 1. The van der Waals surface area contributed by atoms with Crippen molar-refractivity contribution in [1.82, 2.24) is 15.1 Å². The molecule has 0 bridgehead atoms. The molecule has 2 unspecified atom stereocenters. The van der Waals surface area contributed by atoms with Crippen LogP contribution in [0.2, 0.25) is 0 Å². The van der Waals surface area contributed by atoms with Gasteiger partial charge in [-0.1, -0.05) is 6.42 Å². The van der Waals surface area contributed by atoms with E-state index in [0.717, 1.165) is 37.9 Å². The molecule has 0 aromatic carbocycles. The Labute approximate surface area is 114 Å². The second-order valence-electron chi connectivity index (χ2n) is 5.17. The predicted molar refractivity (Wildman–Crippen MR) is 72.4 cm³/mol. The van der Waals surface area contributed by atoms with Crippen molar-refractivity contribution in [2.75, 3.05) is 6.61 Å². The molecule has 2 atom stereocenters. The maximum atomic E-state index is 11.8. The third-order valence-electron chi connectivity index (χ3n) is 3.63. The Balaban J connectivity index is 1.79. The number of carbonyl (C=O) groups excluding carboxylic acids is 1. The lowest BCUT2D eigenvalue weighted by atomic mass is 9.85. The molecule has 1 aliphatic carbocycles. The summed E-state index contributed by atoms with van der Waals surface area (Å²) in [6, 6.07) is 2.41. The van der Waals surface area contributed by atoms with Crippen LogP contribution >= 0.6 is 0 Å². The van der Waals surface area contributed by atoms with Crippen LogP contribution in [-0.2, 0) is 23.1 Å². The van der Waals surface area contributed by atoms with Crippen molar-refractivity contribution in [3.05, 3.63) is 18.0 Å². The Morgan fingerprint density at radius 2 is 2.42 bits per heavy atom. The van der Waals surface area contributed by atoms with Gasteiger partial charge >= 0.3 is 5.97 Å². The number of aryl methyl sites for hydroxylation is 1. The molecule has 0 spiro atoms. The van der Waals surface area contributed by atoms with E-state index in [-0.39, 0.29) is 11.9 Å². The standard InChI is InChI=1S/C14H23N3O2/c1-3-19-14(18)11-5-4-6-12(9-11)15-10-13-7-8-17(2)16-13/h7-8,11-12,15H,3-6,9-10H2,1-2H3. The fraction of sp³-hybridized carbons (Fsp3) is 0.714. The van der Waals surface area contributed by atoms with E-state index in [4.69, 9.17) is 4.74 Å². The van der Waals surface area contributed by atoms with E-state index >= 15 is 0 Å². The number of hydrogen-bond acceptors (Lipinski definition) is 4. The summed E-state index contributed by atoms with van der Waals surface area (Å²) in [6.45, 7) is 3.10. The minimum atomic E-state index is -0.0353. The summed E-state index contributed by atoms with van der Waals surface area (Å²) < 4.78 is 6.92. The fourth-order valence-corrected chi connectivity index (χ4v) is 2.66. The maximum absolute atomic E-state index is 11.8. The fourth-order valence-electron chi connectivity index (χ4n) is 2.66. The van der Waals surface area contributed by atoms with Crippen LogP contribution in [0.3, 0.4) is 0 Å². The monoisotopic (exact) mass is 265 g/mol. The lowest BCUT2D eigenvalue weighted by Gasteiger charge is -2.28. The van der Waals surface area contributed by atoms with Gasteiger partial charge in [0.05, 0.1) is 18.2 Å². The van der Waals surface area contributed by atoms with E-state index < -0.39 is 0 Å². The second kappa shape index (κ2) is 6.70. The lowest BCUT2D eigenvalue weighted by Crippen LogP contribution is -2.36. The summed E-state index contributed by atoms with van der Waals surface area (Å²) in [5, 5.41) is 7.84. The summed E-state index contributed by atoms with van der Waals surface area (Å²) in [5.41, 5.74) is 1.04. The molecular formula is C14H23N3O2. The minimum absolute atomic E-state index is 0.0353. The van der Waals surface area contributed by atoms with Crippen LogP contribution in [-0.4, -0.2) is 28.4 Å². The Morgan fingerprint density at radius 3 is 3.11 bits per heavy atom. The van der Waals surface area contributed by atoms with Crippen molar-refractivity contribution >= 4 is 5.97 Å². The first-order chi connectivity index (χ1) is 9.19. The van der Waals surface area contributed by atoms with Crippen LogP contribution in [0, 0.1) is 5.92 Å². The van der Waals surface area contributed by atoms with Crippen LogP contribution in [0.25, 0.3) is 0 Å². The molecule has 0 saturated heterocycles. The second-order valence-corrected chi connectivity index (χ2v) is 5.17. The summed E-state index contributed by atoms with van der Waals surface area (Å²) in [5.74, 6) is 0.0294. The van der Waals surface area contributed by atoms with Gasteiger partial charge in [0.2, 0.25) is 0 Å². The third kappa shape index (κ3) is 4.06. The first-order valence-corrected chi connectivity index (χ1v) is 7.07. The van der Waals surface area contributed by atoms with Gasteiger partial charge in [-0.15, -0.1) is 0 Å². The van der Waals surface area contributed by atoms with Crippen LogP contribution in [0.5, 0.6) is 0 Å². The molecule has 1 aromatic rings. The first-order valence-electron chi connectivity index (χ1n) is 7.07. The first kappa shape index (κ1) is 14.1. The van der Waals surface area contributed by atoms with E-state index in [1.54, 1.807) is 4.68 Å². The molecule has 1 N–H and O–H groups in total. The molecule has 1 aromatic heterocycles. The van der Waals surface area contributed by atoms with E-state index in [0.29, 0.717) is 12.6 Å². The molecule has 5 heteroatoms. The normalized spacial score (nSPS) is 23.3. The summed E-state index contributed by atoms with van der Waals surface area (Å²) >= 11 is 0. The van der Waals surface area contributed by atoms with Gasteiger partial charge < -0.3 is 10.1 Å². The average molecular weight is 265 g/mol. The van der Waals surface area contributed by atoms with Gasteiger partial charge in [-0.05, 0) is 32.3 Å². The highest BCUT2D eigenvalue weighted by Crippen LogP contribution is 2.25. The molecule has 1 heterocycles. The van der Waals surface area contributed by atoms with Crippen molar-refractivity contribution in [2.45, 2.75) is 45.2 Å². The highest BCUT2D eigenvalue weighted by molar-refractivity contribution is 5.72. The Hall–Kier alpha value is -1.36. The number of esters is 1. The van der Waals surface area contributed by atoms with Crippen molar-refractivity contribution in [2.24, 2.45) is 13.0 Å². The molecule has 1 aliphatic rings. The predicted octanol–water partition coefficient (Wildman–Crippen LogP) is 1.63. The van der Waals surface area contributed by atoms with Gasteiger partial charge in [0.15, 0.2) is 0 Å².